The molecule has 0 saturated heterocycles. The van der Waals surface area contributed by atoms with Crippen molar-refractivity contribution in [3.05, 3.63) is 48.6 Å². The Morgan fingerprint density at radius 1 is 1.42 bits per heavy atom. The van der Waals surface area contributed by atoms with E-state index in [4.69, 9.17) is 0 Å². The van der Waals surface area contributed by atoms with Crippen LogP contribution in [0.3, 0.4) is 0 Å². The van der Waals surface area contributed by atoms with Gasteiger partial charge in [-0.15, -0.1) is 0 Å². The standard InChI is InChI=1S/C9H9.C2H5.Zn/c1-2-6-9-7-4-3-5-8-9;1-2;/h2-8H,1H2;1H2,2H3;. The van der Waals surface area contributed by atoms with Crippen LogP contribution in [0.15, 0.2) is 43.0 Å². The number of benzene rings is 1. The Labute approximate surface area is 82.3 Å². The Bertz CT molecular complexity index is 228. The third-order valence-electron chi connectivity index (χ3n) is 2.11. The van der Waals surface area contributed by atoms with Crippen LogP contribution in [0.4, 0.5) is 0 Å². The summed E-state index contributed by atoms with van der Waals surface area (Å²) in [6.07, 6.45) is 2.12. The van der Waals surface area contributed by atoms with Crippen molar-refractivity contribution in [1.82, 2.24) is 0 Å². The molecule has 0 aliphatic heterocycles. The Hall–Kier alpha value is -0.417. The average Bonchev–Trinajstić information content (AvgIpc) is 2.15. The van der Waals surface area contributed by atoms with Crippen LogP contribution in [0.1, 0.15) is 17.0 Å². The normalized spacial score (nSPS) is 11.8. The molecule has 0 spiro atoms. The van der Waals surface area contributed by atoms with Crippen molar-refractivity contribution in [2.45, 2.75) is 16.5 Å². The minimum atomic E-state index is -0.395. The van der Waals surface area contributed by atoms with E-state index >= 15 is 0 Å². The summed E-state index contributed by atoms with van der Waals surface area (Å²) in [4.78, 5) is 0. The van der Waals surface area contributed by atoms with E-state index < -0.39 is 17.1 Å². The Morgan fingerprint density at radius 3 is 2.58 bits per heavy atom. The van der Waals surface area contributed by atoms with E-state index in [0.29, 0.717) is 0 Å². The van der Waals surface area contributed by atoms with Gasteiger partial charge < -0.3 is 0 Å². The molecule has 1 rings (SSSR count). The van der Waals surface area contributed by atoms with Crippen molar-refractivity contribution in [2.75, 3.05) is 0 Å². The van der Waals surface area contributed by atoms with Crippen molar-refractivity contribution in [3.63, 3.8) is 0 Å². The Balaban J connectivity index is 2.73. The second-order valence-corrected chi connectivity index (χ2v) is 8.20. The zero-order valence-corrected chi connectivity index (χ0v) is 10.6. The molecule has 0 N–H and O–H groups in total. The summed E-state index contributed by atoms with van der Waals surface area (Å²) < 4.78 is 0.726. The van der Waals surface area contributed by atoms with Gasteiger partial charge in [0.05, 0.1) is 0 Å². The summed E-state index contributed by atoms with van der Waals surface area (Å²) in [6.45, 7) is 6.19. The van der Waals surface area contributed by atoms with E-state index in [0.717, 1.165) is 4.51 Å². The summed E-state index contributed by atoms with van der Waals surface area (Å²) >= 11 is -0.395. The molecule has 0 aliphatic rings. The molecule has 60 valence electrons. The van der Waals surface area contributed by atoms with Crippen LogP contribution in [0, 0.1) is 0 Å². The van der Waals surface area contributed by atoms with Crippen molar-refractivity contribution in [2.24, 2.45) is 0 Å². The first-order valence-electron chi connectivity index (χ1n) is 4.56. The predicted octanol–water partition coefficient (Wildman–Crippen LogP) is 3.43. The van der Waals surface area contributed by atoms with Gasteiger partial charge in [0.25, 0.3) is 0 Å². The van der Waals surface area contributed by atoms with Gasteiger partial charge in [-0.1, -0.05) is 0 Å². The first-order chi connectivity index (χ1) is 5.88. The second-order valence-electron chi connectivity index (χ2n) is 3.04. The molecule has 0 radical (unpaired) electrons. The van der Waals surface area contributed by atoms with Crippen LogP contribution < -0.4 is 0 Å². The van der Waals surface area contributed by atoms with Crippen LogP contribution in [0.25, 0.3) is 0 Å². The van der Waals surface area contributed by atoms with Crippen LogP contribution in [0.2, 0.25) is 5.02 Å². The molecule has 12 heavy (non-hydrogen) atoms. The fraction of sp³-hybridized carbons (Fsp3) is 0.273. The molecule has 0 aliphatic carbocycles. The van der Waals surface area contributed by atoms with Gasteiger partial charge >= 0.3 is 82.1 Å². The molecule has 0 nitrogen and oxygen atoms in total. The van der Waals surface area contributed by atoms with Crippen molar-refractivity contribution in [1.29, 1.82) is 0 Å². The quantitative estimate of drug-likeness (QED) is 0.529. The molecule has 0 amide bonds. The van der Waals surface area contributed by atoms with Gasteiger partial charge in [0.2, 0.25) is 0 Å². The predicted molar refractivity (Wildman–Crippen MR) is 49.9 cm³/mol. The second kappa shape index (κ2) is 5.27. The number of hydrogen-bond donors (Lipinski definition) is 0. The maximum absolute atomic E-state index is 3.90. The van der Waals surface area contributed by atoms with Gasteiger partial charge in [-0.25, -0.2) is 0 Å². The molecule has 1 aromatic rings. The van der Waals surface area contributed by atoms with Crippen LogP contribution in [-0.4, -0.2) is 0 Å². The van der Waals surface area contributed by atoms with Gasteiger partial charge in [-0.3, -0.25) is 0 Å². The number of allylic oxidation sites excluding steroid dienone is 1. The minimum absolute atomic E-state index is 0.395. The van der Waals surface area contributed by atoms with Gasteiger partial charge in [-0.2, -0.15) is 0 Å². The summed E-state index contributed by atoms with van der Waals surface area (Å²) in [7, 11) is 0. The van der Waals surface area contributed by atoms with Gasteiger partial charge in [0.15, 0.2) is 0 Å². The number of hydrogen-bond acceptors (Lipinski definition) is 0. The monoisotopic (exact) mass is 210 g/mol. The topological polar surface area (TPSA) is 0 Å². The Morgan fingerprint density at radius 2 is 2.08 bits per heavy atom. The molecule has 0 saturated carbocycles. The van der Waals surface area contributed by atoms with Gasteiger partial charge in [0, 0.05) is 0 Å². The fourth-order valence-electron chi connectivity index (χ4n) is 1.43. The third-order valence-corrected chi connectivity index (χ3v) is 6.32. The summed E-state index contributed by atoms with van der Waals surface area (Å²) in [6, 6.07) is 10.7. The zero-order valence-electron chi connectivity index (χ0n) is 7.66. The van der Waals surface area contributed by atoms with Gasteiger partial charge in [0.1, 0.15) is 0 Å². The van der Waals surface area contributed by atoms with Gasteiger partial charge in [-0.05, 0) is 0 Å². The van der Waals surface area contributed by atoms with Crippen LogP contribution >= 0.6 is 0 Å². The summed E-state index contributed by atoms with van der Waals surface area (Å²) in [5.74, 6) is 0. The molecular formula is C11H14Zn. The molecule has 1 atom stereocenters. The van der Waals surface area contributed by atoms with E-state index in [2.05, 4.69) is 49.9 Å². The molecule has 0 fully saturated rings. The number of rotatable bonds is 4. The van der Waals surface area contributed by atoms with Crippen LogP contribution in [-0.2, 0) is 17.1 Å². The van der Waals surface area contributed by atoms with E-state index in [9.17, 15) is 0 Å². The van der Waals surface area contributed by atoms with E-state index in [1.54, 1.807) is 0 Å². The first kappa shape index (κ1) is 9.67. The molecule has 0 bridgehead atoms. The fourth-order valence-corrected chi connectivity index (χ4v) is 4.50. The molecule has 0 heterocycles. The molecule has 1 aromatic carbocycles. The average molecular weight is 212 g/mol. The zero-order chi connectivity index (χ0) is 8.81. The van der Waals surface area contributed by atoms with Crippen molar-refractivity contribution in [3.8, 4) is 0 Å². The third kappa shape index (κ3) is 2.57. The van der Waals surface area contributed by atoms with E-state index in [1.807, 2.05) is 0 Å². The molecule has 0 aromatic heterocycles. The van der Waals surface area contributed by atoms with E-state index in [1.165, 1.54) is 10.6 Å². The molecular weight excluding hydrogens is 198 g/mol. The molecule has 1 heteroatoms. The summed E-state index contributed by atoms with van der Waals surface area (Å²) in [5, 5.41) is 1.40. The van der Waals surface area contributed by atoms with Crippen molar-refractivity contribution >= 4 is 0 Å². The first-order valence-corrected chi connectivity index (χ1v) is 8.37. The van der Waals surface area contributed by atoms with E-state index in [-0.39, 0.29) is 0 Å². The van der Waals surface area contributed by atoms with Crippen molar-refractivity contribution < 1.29 is 17.1 Å². The Kier molecular flexibility index (Phi) is 4.25. The van der Waals surface area contributed by atoms with Crippen LogP contribution in [0.5, 0.6) is 0 Å². The summed E-state index contributed by atoms with van der Waals surface area (Å²) in [5.41, 5.74) is 1.47. The SMILES string of the molecule is C=C[CH]([Zn][CH2]C)c1ccccc1. The maximum atomic E-state index is 3.90. The molecule has 1 unspecified atom stereocenters.